The number of hydrogen-bond donors (Lipinski definition) is 1. The number of aromatic nitrogens is 2. The van der Waals surface area contributed by atoms with Gasteiger partial charge in [-0.05, 0) is 32.2 Å². The Morgan fingerprint density at radius 1 is 1.38 bits per heavy atom. The number of nitrogens with zero attached hydrogens (tertiary/aromatic N) is 3. The Bertz CT molecular complexity index is 323. The summed E-state index contributed by atoms with van der Waals surface area (Å²) in [6.07, 6.45) is 6.70. The number of rotatable bonds is 4. The summed E-state index contributed by atoms with van der Waals surface area (Å²) in [7, 11) is 0. The second-order valence-electron chi connectivity index (χ2n) is 4.86. The Labute approximate surface area is 95.2 Å². The topological polar surface area (TPSA) is 54.2 Å². The molecule has 5 heteroatoms. The predicted molar refractivity (Wildman–Crippen MR) is 58.8 cm³/mol. The molecule has 5 nitrogen and oxygen atoms in total. The van der Waals surface area contributed by atoms with E-state index in [2.05, 4.69) is 20.4 Å². The average Bonchev–Trinajstić information content (AvgIpc) is 2.94. The Hall–Kier alpha value is -0.940. The fourth-order valence-corrected chi connectivity index (χ4v) is 2.38. The van der Waals surface area contributed by atoms with Gasteiger partial charge in [-0.3, -0.25) is 4.90 Å². The molecule has 0 aromatic carbocycles. The zero-order valence-electron chi connectivity index (χ0n) is 9.43. The van der Waals surface area contributed by atoms with E-state index in [4.69, 9.17) is 4.52 Å². The molecule has 1 saturated carbocycles. The van der Waals surface area contributed by atoms with Gasteiger partial charge in [-0.25, -0.2) is 0 Å². The van der Waals surface area contributed by atoms with E-state index in [-0.39, 0.29) is 0 Å². The average molecular weight is 222 g/mol. The lowest BCUT2D eigenvalue weighted by Gasteiger charge is -2.32. The van der Waals surface area contributed by atoms with Crippen molar-refractivity contribution in [3.63, 3.8) is 0 Å². The van der Waals surface area contributed by atoms with Crippen LogP contribution in [-0.2, 0) is 6.54 Å². The molecule has 16 heavy (non-hydrogen) atoms. The lowest BCUT2D eigenvalue weighted by atomic mass is 10.1. The molecule has 1 aromatic heterocycles. The molecular weight excluding hydrogens is 204 g/mol. The summed E-state index contributed by atoms with van der Waals surface area (Å²) < 4.78 is 4.75. The van der Waals surface area contributed by atoms with E-state index < -0.39 is 0 Å². The van der Waals surface area contributed by atoms with Crippen LogP contribution in [0, 0.1) is 0 Å². The van der Waals surface area contributed by atoms with E-state index in [1.54, 1.807) is 0 Å². The number of piperidine rings is 1. The van der Waals surface area contributed by atoms with Crippen molar-refractivity contribution in [3.8, 4) is 0 Å². The molecule has 2 aliphatic rings. The van der Waals surface area contributed by atoms with Crippen LogP contribution in [0.2, 0.25) is 0 Å². The quantitative estimate of drug-likeness (QED) is 0.816. The lowest BCUT2D eigenvalue weighted by Crippen LogP contribution is -2.46. The molecule has 0 spiro atoms. The molecule has 2 fully saturated rings. The smallest absolute Gasteiger partial charge is 0.213 e. The van der Waals surface area contributed by atoms with E-state index >= 15 is 0 Å². The summed E-state index contributed by atoms with van der Waals surface area (Å²) in [6.45, 7) is 3.09. The normalized spacial score (nSPS) is 27.1. The second-order valence-corrected chi connectivity index (χ2v) is 4.86. The molecule has 1 N–H and O–H groups in total. The molecule has 0 amide bonds. The van der Waals surface area contributed by atoms with Gasteiger partial charge in [-0.15, -0.1) is 0 Å². The van der Waals surface area contributed by atoms with Gasteiger partial charge in [0.25, 0.3) is 0 Å². The number of hydrogen-bond acceptors (Lipinski definition) is 5. The van der Waals surface area contributed by atoms with E-state index in [1.807, 2.05) is 0 Å². The third-order valence-electron chi connectivity index (χ3n) is 3.33. The van der Waals surface area contributed by atoms with Gasteiger partial charge in [-0.2, -0.15) is 4.98 Å². The second kappa shape index (κ2) is 4.51. The predicted octanol–water partition coefficient (Wildman–Crippen LogP) is 0.786. The molecule has 1 aliphatic heterocycles. The summed E-state index contributed by atoms with van der Waals surface area (Å²) in [6, 6.07) is 1.46. The standard InChI is InChI=1S/C11H18N4O/c1-2-10(13-9-3-4-9)6-15(5-1)7-11-12-8-16-14-11/h8-10,13H,1-7H2. The van der Waals surface area contributed by atoms with Gasteiger partial charge >= 0.3 is 0 Å². The Morgan fingerprint density at radius 2 is 2.31 bits per heavy atom. The monoisotopic (exact) mass is 222 g/mol. The zero-order chi connectivity index (χ0) is 10.8. The fraction of sp³-hybridized carbons (Fsp3) is 0.818. The Balaban J connectivity index is 1.51. The van der Waals surface area contributed by atoms with Crippen molar-refractivity contribution in [2.45, 2.75) is 44.3 Å². The van der Waals surface area contributed by atoms with Crippen LogP contribution < -0.4 is 5.32 Å². The van der Waals surface area contributed by atoms with Crippen molar-refractivity contribution in [2.75, 3.05) is 13.1 Å². The molecular formula is C11H18N4O. The van der Waals surface area contributed by atoms with Crippen LogP contribution in [0.4, 0.5) is 0 Å². The van der Waals surface area contributed by atoms with Gasteiger partial charge < -0.3 is 9.84 Å². The molecule has 0 bridgehead atoms. The van der Waals surface area contributed by atoms with Gasteiger partial charge in [0.2, 0.25) is 6.39 Å². The van der Waals surface area contributed by atoms with E-state index in [9.17, 15) is 0 Å². The minimum Gasteiger partial charge on any atom is -0.343 e. The Kier molecular flexibility index (Phi) is 2.88. The van der Waals surface area contributed by atoms with E-state index in [1.165, 1.54) is 32.1 Å². The molecule has 2 heterocycles. The van der Waals surface area contributed by atoms with Crippen LogP contribution in [0.5, 0.6) is 0 Å². The number of likely N-dealkylation sites (tertiary alicyclic amines) is 1. The molecule has 1 aromatic rings. The highest BCUT2D eigenvalue weighted by molar-refractivity contribution is 4.89. The largest absolute Gasteiger partial charge is 0.343 e. The van der Waals surface area contributed by atoms with Crippen LogP contribution in [0.15, 0.2) is 10.9 Å². The van der Waals surface area contributed by atoms with E-state index in [0.717, 1.165) is 31.5 Å². The molecule has 1 atom stereocenters. The van der Waals surface area contributed by atoms with Crippen molar-refractivity contribution in [1.82, 2.24) is 20.4 Å². The molecule has 0 radical (unpaired) electrons. The maximum Gasteiger partial charge on any atom is 0.213 e. The van der Waals surface area contributed by atoms with Crippen LogP contribution in [0.1, 0.15) is 31.5 Å². The van der Waals surface area contributed by atoms with Crippen molar-refractivity contribution < 1.29 is 4.52 Å². The van der Waals surface area contributed by atoms with Gasteiger partial charge in [0.15, 0.2) is 5.82 Å². The zero-order valence-corrected chi connectivity index (χ0v) is 9.43. The summed E-state index contributed by atoms with van der Waals surface area (Å²) in [5.41, 5.74) is 0. The first-order valence-electron chi connectivity index (χ1n) is 6.14. The molecule has 1 unspecified atom stereocenters. The third kappa shape index (κ3) is 2.59. The minimum absolute atomic E-state index is 0.660. The summed E-state index contributed by atoms with van der Waals surface area (Å²) in [5.74, 6) is 0.798. The maximum absolute atomic E-state index is 4.75. The van der Waals surface area contributed by atoms with Crippen molar-refractivity contribution in [1.29, 1.82) is 0 Å². The SMILES string of the molecule is c1nc(CN2CCCC(NC3CC3)C2)no1. The van der Waals surface area contributed by atoms with Crippen molar-refractivity contribution in [2.24, 2.45) is 0 Å². The number of nitrogens with one attached hydrogen (secondary N) is 1. The van der Waals surface area contributed by atoms with Gasteiger partial charge in [0, 0.05) is 18.6 Å². The van der Waals surface area contributed by atoms with Gasteiger partial charge in [0.05, 0.1) is 6.54 Å². The highest BCUT2D eigenvalue weighted by Crippen LogP contribution is 2.22. The highest BCUT2D eigenvalue weighted by atomic mass is 16.5. The highest BCUT2D eigenvalue weighted by Gasteiger charge is 2.27. The third-order valence-corrected chi connectivity index (χ3v) is 3.33. The van der Waals surface area contributed by atoms with Crippen molar-refractivity contribution >= 4 is 0 Å². The molecule has 3 rings (SSSR count). The summed E-state index contributed by atoms with van der Waals surface area (Å²) in [5, 5.41) is 7.56. The van der Waals surface area contributed by atoms with Crippen LogP contribution in [0.3, 0.4) is 0 Å². The molecule has 1 saturated heterocycles. The first-order chi connectivity index (χ1) is 7.90. The van der Waals surface area contributed by atoms with Crippen LogP contribution in [0.25, 0.3) is 0 Å². The van der Waals surface area contributed by atoms with E-state index in [0.29, 0.717) is 6.04 Å². The van der Waals surface area contributed by atoms with Gasteiger partial charge in [-0.1, -0.05) is 5.16 Å². The maximum atomic E-state index is 4.75. The van der Waals surface area contributed by atoms with Crippen molar-refractivity contribution in [3.05, 3.63) is 12.2 Å². The molecule has 88 valence electrons. The van der Waals surface area contributed by atoms with Crippen LogP contribution >= 0.6 is 0 Å². The fourth-order valence-electron chi connectivity index (χ4n) is 2.38. The molecule has 1 aliphatic carbocycles. The first-order valence-corrected chi connectivity index (χ1v) is 6.14. The lowest BCUT2D eigenvalue weighted by molar-refractivity contribution is 0.177. The summed E-state index contributed by atoms with van der Waals surface area (Å²) >= 11 is 0. The first kappa shape index (κ1) is 10.2. The minimum atomic E-state index is 0.660. The van der Waals surface area contributed by atoms with Gasteiger partial charge in [0.1, 0.15) is 0 Å². The summed E-state index contributed by atoms with van der Waals surface area (Å²) in [4.78, 5) is 6.48. The van der Waals surface area contributed by atoms with Crippen LogP contribution in [-0.4, -0.2) is 40.2 Å². The Morgan fingerprint density at radius 3 is 3.06 bits per heavy atom.